The molecule has 4 aromatic rings. The minimum Gasteiger partial charge on any atom is -0.378 e. The Hall–Kier alpha value is -3.68. The number of aromatic nitrogens is 2. The number of aromatic amines is 1. The van der Waals surface area contributed by atoms with E-state index in [4.69, 9.17) is 9.72 Å². The summed E-state index contributed by atoms with van der Waals surface area (Å²) in [6, 6.07) is 22.6. The van der Waals surface area contributed by atoms with E-state index in [0.717, 1.165) is 91.7 Å². The van der Waals surface area contributed by atoms with Gasteiger partial charge in [0.05, 0.1) is 24.2 Å². The van der Waals surface area contributed by atoms with E-state index in [1.165, 1.54) is 5.69 Å². The number of Topliss-reactive ketones (excluding diaryl/α,β-unsaturated/α-hetero) is 1. The molecule has 2 saturated heterocycles. The molecule has 3 aromatic carbocycles. The van der Waals surface area contributed by atoms with Crippen LogP contribution in [-0.4, -0.2) is 80.2 Å². The molecule has 2 fully saturated rings. The highest BCUT2D eigenvalue weighted by molar-refractivity contribution is 5.98. The maximum atomic E-state index is 13.0. The van der Waals surface area contributed by atoms with Gasteiger partial charge in [0.25, 0.3) is 0 Å². The first kappa shape index (κ1) is 23.7. The minimum atomic E-state index is 0.118. The van der Waals surface area contributed by atoms with Crippen molar-refractivity contribution in [3.63, 3.8) is 0 Å². The second-order valence-electron chi connectivity index (χ2n) is 10.0. The summed E-state index contributed by atoms with van der Waals surface area (Å²) in [4.78, 5) is 28.3. The summed E-state index contributed by atoms with van der Waals surface area (Å²) in [6.07, 6.45) is 0.362. The Morgan fingerprint density at radius 1 is 0.838 bits per heavy atom. The van der Waals surface area contributed by atoms with E-state index in [1.54, 1.807) is 0 Å². The maximum Gasteiger partial charge on any atom is 0.167 e. The van der Waals surface area contributed by atoms with E-state index in [-0.39, 0.29) is 5.78 Å². The van der Waals surface area contributed by atoms with Crippen molar-refractivity contribution >= 4 is 28.2 Å². The zero-order valence-corrected chi connectivity index (χ0v) is 21.3. The molecular formula is C30H33N5O2. The number of fused-ring (bicyclic) bond motifs is 1. The third-order valence-electron chi connectivity index (χ3n) is 7.49. The van der Waals surface area contributed by atoms with Crippen molar-refractivity contribution in [3.8, 4) is 11.4 Å². The monoisotopic (exact) mass is 495 g/mol. The molecule has 0 radical (unpaired) electrons. The summed E-state index contributed by atoms with van der Waals surface area (Å²) in [6.45, 7) is 7.58. The third kappa shape index (κ3) is 5.24. The quantitative estimate of drug-likeness (QED) is 0.404. The van der Waals surface area contributed by atoms with Crippen molar-refractivity contribution in [3.05, 3.63) is 77.9 Å². The number of carbonyl (C=O) groups excluding carboxylic acids is 1. The number of anilines is 2. The fraction of sp³-hybridized carbons (Fsp3) is 0.333. The number of ketones is 1. The van der Waals surface area contributed by atoms with Crippen LogP contribution in [0.15, 0.2) is 66.7 Å². The molecule has 0 bridgehead atoms. The zero-order chi connectivity index (χ0) is 25.2. The molecule has 0 aliphatic carbocycles. The van der Waals surface area contributed by atoms with Crippen LogP contribution in [-0.2, 0) is 11.2 Å². The average molecular weight is 496 g/mol. The number of hydrogen-bond acceptors (Lipinski definition) is 6. The lowest BCUT2D eigenvalue weighted by Gasteiger charge is -2.34. The standard InChI is InChI=1S/C30H33N5O2/c1-33-12-14-34(15-13-33)25-9-5-24(6-10-25)30-31-27-11-2-22(20-28(27)32-30)21-29(36)23-3-7-26(8-4-23)35-16-18-37-19-17-35/h2-11,20H,12-19,21H2,1H3,(H,31,32). The number of morpholine rings is 1. The number of hydrogen-bond donors (Lipinski definition) is 1. The van der Waals surface area contributed by atoms with Crippen molar-refractivity contribution < 1.29 is 9.53 Å². The number of piperazine rings is 1. The summed E-state index contributed by atoms with van der Waals surface area (Å²) in [5.41, 5.74) is 7.04. The maximum absolute atomic E-state index is 13.0. The molecule has 0 saturated carbocycles. The fourth-order valence-corrected chi connectivity index (χ4v) is 5.17. The minimum absolute atomic E-state index is 0.118. The van der Waals surface area contributed by atoms with Gasteiger partial charge in [0, 0.05) is 68.2 Å². The van der Waals surface area contributed by atoms with Gasteiger partial charge < -0.3 is 24.4 Å². The number of likely N-dealkylation sites (N-methyl/N-ethyl adjacent to an activating group) is 1. The van der Waals surface area contributed by atoms with Gasteiger partial charge in [-0.25, -0.2) is 4.98 Å². The molecule has 1 aromatic heterocycles. The van der Waals surface area contributed by atoms with Crippen LogP contribution in [0.5, 0.6) is 0 Å². The number of H-pyrrole nitrogens is 1. The summed E-state index contributed by atoms with van der Waals surface area (Å²) in [5, 5.41) is 0. The van der Waals surface area contributed by atoms with E-state index >= 15 is 0 Å². The highest BCUT2D eigenvalue weighted by Gasteiger charge is 2.16. The highest BCUT2D eigenvalue weighted by atomic mass is 16.5. The van der Waals surface area contributed by atoms with Crippen LogP contribution in [0.1, 0.15) is 15.9 Å². The Morgan fingerprint density at radius 2 is 1.49 bits per heavy atom. The van der Waals surface area contributed by atoms with Crippen LogP contribution in [0.2, 0.25) is 0 Å². The Morgan fingerprint density at radius 3 is 2.19 bits per heavy atom. The molecule has 1 N–H and O–H groups in total. The first-order valence-corrected chi connectivity index (χ1v) is 13.1. The lowest BCUT2D eigenvalue weighted by molar-refractivity contribution is 0.0993. The summed E-state index contributed by atoms with van der Waals surface area (Å²) in [5.74, 6) is 0.967. The number of imidazole rings is 1. The van der Waals surface area contributed by atoms with Gasteiger partial charge in [-0.05, 0) is 73.3 Å². The van der Waals surface area contributed by atoms with E-state index in [0.29, 0.717) is 6.42 Å². The van der Waals surface area contributed by atoms with Crippen molar-refractivity contribution in [1.29, 1.82) is 0 Å². The average Bonchev–Trinajstić information content (AvgIpc) is 3.38. The van der Waals surface area contributed by atoms with Crippen molar-refractivity contribution in [2.45, 2.75) is 6.42 Å². The fourth-order valence-electron chi connectivity index (χ4n) is 5.17. The molecule has 37 heavy (non-hydrogen) atoms. The number of ether oxygens (including phenoxy) is 1. The second-order valence-corrected chi connectivity index (χ2v) is 10.0. The SMILES string of the molecule is CN1CCN(c2ccc(-c3nc4ccc(CC(=O)c5ccc(N6CCOCC6)cc5)cc4[nH]3)cc2)CC1. The largest absolute Gasteiger partial charge is 0.378 e. The van der Waals surface area contributed by atoms with Gasteiger partial charge in [-0.1, -0.05) is 6.07 Å². The van der Waals surface area contributed by atoms with Crippen LogP contribution >= 0.6 is 0 Å². The molecular weight excluding hydrogens is 462 g/mol. The van der Waals surface area contributed by atoms with Gasteiger partial charge >= 0.3 is 0 Å². The van der Waals surface area contributed by atoms with Gasteiger partial charge in [-0.15, -0.1) is 0 Å². The van der Waals surface area contributed by atoms with Gasteiger partial charge in [0.15, 0.2) is 5.78 Å². The molecule has 2 aliphatic rings. The van der Waals surface area contributed by atoms with Gasteiger partial charge in [-0.2, -0.15) is 0 Å². The first-order chi connectivity index (χ1) is 18.1. The molecule has 0 amide bonds. The van der Waals surface area contributed by atoms with Crippen LogP contribution in [0, 0.1) is 0 Å². The molecule has 6 rings (SSSR count). The Labute approximate surface area is 217 Å². The van der Waals surface area contributed by atoms with Gasteiger partial charge in [0.2, 0.25) is 0 Å². The molecule has 190 valence electrons. The normalized spacial score (nSPS) is 16.9. The summed E-state index contributed by atoms with van der Waals surface area (Å²) < 4.78 is 5.43. The van der Waals surface area contributed by atoms with Crippen molar-refractivity contribution in [1.82, 2.24) is 14.9 Å². The number of nitrogens with zero attached hydrogens (tertiary/aromatic N) is 4. The molecule has 7 nitrogen and oxygen atoms in total. The molecule has 0 spiro atoms. The number of carbonyl (C=O) groups is 1. The topological polar surface area (TPSA) is 64.7 Å². The van der Waals surface area contributed by atoms with Crippen LogP contribution in [0.25, 0.3) is 22.4 Å². The lowest BCUT2D eigenvalue weighted by Crippen LogP contribution is -2.44. The lowest BCUT2D eigenvalue weighted by atomic mass is 10.0. The number of nitrogens with one attached hydrogen (secondary N) is 1. The van der Waals surface area contributed by atoms with Crippen LogP contribution in [0.4, 0.5) is 11.4 Å². The van der Waals surface area contributed by atoms with Crippen molar-refractivity contribution in [2.75, 3.05) is 69.3 Å². The summed E-state index contributed by atoms with van der Waals surface area (Å²) in [7, 11) is 2.17. The van der Waals surface area contributed by atoms with Crippen LogP contribution < -0.4 is 9.80 Å². The predicted octanol–water partition coefficient (Wildman–Crippen LogP) is 4.24. The predicted molar refractivity (Wildman–Crippen MR) is 149 cm³/mol. The van der Waals surface area contributed by atoms with Gasteiger partial charge in [0.1, 0.15) is 5.82 Å². The first-order valence-electron chi connectivity index (χ1n) is 13.1. The molecule has 0 unspecified atom stereocenters. The molecule has 2 aliphatic heterocycles. The van der Waals surface area contributed by atoms with E-state index in [1.807, 2.05) is 42.5 Å². The molecule has 7 heteroatoms. The van der Waals surface area contributed by atoms with Crippen LogP contribution in [0.3, 0.4) is 0 Å². The van der Waals surface area contributed by atoms with Gasteiger partial charge in [-0.3, -0.25) is 4.79 Å². The van der Waals surface area contributed by atoms with E-state index in [9.17, 15) is 4.79 Å². The highest BCUT2D eigenvalue weighted by Crippen LogP contribution is 2.25. The van der Waals surface area contributed by atoms with E-state index in [2.05, 4.69) is 51.0 Å². The smallest absolute Gasteiger partial charge is 0.167 e. The third-order valence-corrected chi connectivity index (χ3v) is 7.49. The van der Waals surface area contributed by atoms with E-state index < -0.39 is 0 Å². The Kier molecular flexibility index (Phi) is 6.64. The number of rotatable bonds is 6. The number of benzene rings is 3. The second kappa shape index (κ2) is 10.4. The Balaban J connectivity index is 1.13. The Bertz CT molecular complexity index is 1370. The molecule has 0 atom stereocenters. The zero-order valence-electron chi connectivity index (χ0n) is 21.3. The van der Waals surface area contributed by atoms with Crippen molar-refractivity contribution in [2.24, 2.45) is 0 Å². The summed E-state index contributed by atoms with van der Waals surface area (Å²) >= 11 is 0. The molecule has 3 heterocycles.